The van der Waals surface area contributed by atoms with Crippen LogP contribution in [0.5, 0.6) is 0 Å². The Bertz CT molecular complexity index is 505. The van der Waals surface area contributed by atoms with E-state index in [4.69, 9.17) is 0 Å². The van der Waals surface area contributed by atoms with E-state index in [0.717, 1.165) is 12.8 Å². The molecule has 1 fully saturated rings. The highest BCUT2D eigenvalue weighted by Crippen LogP contribution is 2.26. The Kier molecular flexibility index (Phi) is 4.66. The molecule has 0 saturated carbocycles. The lowest BCUT2D eigenvalue weighted by atomic mass is 9.83. The molecule has 1 aliphatic rings. The topological polar surface area (TPSA) is 49.4 Å². The number of nitrogens with one attached hydrogen (secondary N) is 1. The molecule has 114 valence electrons. The van der Waals surface area contributed by atoms with Gasteiger partial charge < -0.3 is 10.2 Å². The van der Waals surface area contributed by atoms with Gasteiger partial charge in [-0.15, -0.1) is 0 Å². The molecule has 1 heterocycles. The molecule has 1 aromatic carbocycles. The van der Waals surface area contributed by atoms with Gasteiger partial charge in [-0.1, -0.05) is 51.1 Å². The lowest BCUT2D eigenvalue weighted by molar-refractivity contribution is -0.150. The van der Waals surface area contributed by atoms with Crippen molar-refractivity contribution in [2.24, 2.45) is 5.41 Å². The van der Waals surface area contributed by atoms with Crippen LogP contribution in [0.1, 0.15) is 32.8 Å². The summed E-state index contributed by atoms with van der Waals surface area (Å²) in [7, 11) is 0. The van der Waals surface area contributed by atoms with Crippen LogP contribution in [0.4, 0.5) is 0 Å². The van der Waals surface area contributed by atoms with Gasteiger partial charge in [0.15, 0.2) is 0 Å². The molecule has 0 bridgehead atoms. The molecule has 1 unspecified atom stereocenters. The van der Waals surface area contributed by atoms with Gasteiger partial charge >= 0.3 is 0 Å². The quantitative estimate of drug-likeness (QED) is 0.921. The Balaban J connectivity index is 2.01. The van der Waals surface area contributed by atoms with Crippen molar-refractivity contribution in [3.63, 3.8) is 0 Å². The summed E-state index contributed by atoms with van der Waals surface area (Å²) < 4.78 is 0. The molecule has 2 amide bonds. The largest absolute Gasteiger partial charge is 0.345 e. The number of hydrogen-bond donors (Lipinski definition) is 1. The van der Waals surface area contributed by atoms with Crippen LogP contribution < -0.4 is 5.32 Å². The number of hydrogen-bond acceptors (Lipinski definition) is 2. The van der Waals surface area contributed by atoms with Gasteiger partial charge in [-0.25, -0.2) is 0 Å². The number of carbonyl (C=O) groups excluding carboxylic acids is 2. The lowest BCUT2D eigenvalue weighted by Gasteiger charge is -2.42. The van der Waals surface area contributed by atoms with Gasteiger partial charge in [0.05, 0.1) is 6.54 Å². The van der Waals surface area contributed by atoms with Gasteiger partial charge in [-0.2, -0.15) is 0 Å². The molecule has 1 N–H and O–H groups in total. The number of carbonyl (C=O) groups is 2. The number of piperazine rings is 1. The smallest absolute Gasteiger partial charge is 0.243 e. The molecule has 0 aliphatic carbocycles. The number of nitrogens with zero attached hydrogens (tertiary/aromatic N) is 1. The molecular formula is C17H24N2O2. The van der Waals surface area contributed by atoms with Crippen LogP contribution in [0.25, 0.3) is 0 Å². The SMILES string of the molecule is CC(C)(C)C1C(=O)NCC(=O)N1CCCc1ccccc1. The van der Waals surface area contributed by atoms with E-state index in [2.05, 4.69) is 17.4 Å². The minimum absolute atomic E-state index is 0.0163. The van der Waals surface area contributed by atoms with E-state index in [1.807, 2.05) is 39.0 Å². The Hall–Kier alpha value is -1.84. The van der Waals surface area contributed by atoms with Crippen LogP contribution >= 0.6 is 0 Å². The maximum Gasteiger partial charge on any atom is 0.243 e. The van der Waals surface area contributed by atoms with Gasteiger partial charge in [0, 0.05) is 6.54 Å². The second-order valence-electron chi connectivity index (χ2n) is 6.66. The zero-order valence-corrected chi connectivity index (χ0v) is 13.1. The number of amides is 2. The average molecular weight is 288 g/mol. The molecule has 0 radical (unpaired) electrons. The average Bonchev–Trinajstić information content (AvgIpc) is 2.42. The van der Waals surface area contributed by atoms with Gasteiger partial charge in [-0.3, -0.25) is 9.59 Å². The first kappa shape index (κ1) is 15.5. The van der Waals surface area contributed by atoms with Crippen LogP contribution in [0.2, 0.25) is 0 Å². The van der Waals surface area contributed by atoms with Crippen LogP contribution in [-0.4, -0.2) is 35.8 Å². The van der Waals surface area contributed by atoms with E-state index < -0.39 is 0 Å². The number of rotatable bonds is 4. The summed E-state index contributed by atoms with van der Waals surface area (Å²) in [5.41, 5.74) is 1.01. The van der Waals surface area contributed by atoms with E-state index in [9.17, 15) is 9.59 Å². The standard InChI is InChI=1S/C17H24N2O2/c1-17(2,3)15-16(21)18-12-14(20)19(15)11-7-10-13-8-5-4-6-9-13/h4-6,8-9,15H,7,10-12H2,1-3H3,(H,18,21). The van der Waals surface area contributed by atoms with E-state index in [1.165, 1.54) is 5.56 Å². The molecule has 2 rings (SSSR count). The maximum atomic E-state index is 12.2. The van der Waals surface area contributed by atoms with Gasteiger partial charge in [0.1, 0.15) is 6.04 Å². The van der Waals surface area contributed by atoms with Crippen LogP contribution in [0.15, 0.2) is 30.3 Å². The lowest BCUT2D eigenvalue weighted by Crippen LogP contribution is -2.62. The number of aryl methyl sites for hydroxylation is 1. The van der Waals surface area contributed by atoms with Crippen LogP contribution in [-0.2, 0) is 16.0 Å². The van der Waals surface area contributed by atoms with E-state index in [0.29, 0.717) is 6.54 Å². The molecule has 1 aromatic rings. The third kappa shape index (κ3) is 3.84. The van der Waals surface area contributed by atoms with Gasteiger partial charge in [0.2, 0.25) is 11.8 Å². The summed E-state index contributed by atoms with van der Waals surface area (Å²) in [6.07, 6.45) is 1.79. The minimum atomic E-state index is -0.380. The monoisotopic (exact) mass is 288 g/mol. The summed E-state index contributed by atoms with van der Waals surface area (Å²) in [6, 6.07) is 9.84. The third-order valence-electron chi connectivity index (χ3n) is 3.82. The molecular weight excluding hydrogens is 264 g/mol. The number of benzene rings is 1. The first-order valence-electron chi connectivity index (χ1n) is 7.50. The predicted molar refractivity (Wildman–Crippen MR) is 82.7 cm³/mol. The second-order valence-corrected chi connectivity index (χ2v) is 6.66. The predicted octanol–water partition coefficient (Wildman–Crippen LogP) is 1.99. The van der Waals surface area contributed by atoms with Crippen molar-refractivity contribution in [3.8, 4) is 0 Å². The van der Waals surface area contributed by atoms with E-state index in [-0.39, 0.29) is 29.8 Å². The first-order valence-corrected chi connectivity index (χ1v) is 7.50. The molecule has 1 aliphatic heterocycles. The van der Waals surface area contributed by atoms with Crippen molar-refractivity contribution in [2.45, 2.75) is 39.7 Å². The van der Waals surface area contributed by atoms with Crippen LogP contribution in [0.3, 0.4) is 0 Å². The zero-order valence-electron chi connectivity index (χ0n) is 13.1. The summed E-state index contributed by atoms with van der Waals surface area (Å²) >= 11 is 0. The Labute approximate surface area is 126 Å². The summed E-state index contributed by atoms with van der Waals surface area (Å²) in [4.78, 5) is 26.0. The van der Waals surface area contributed by atoms with Crippen molar-refractivity contribution in [2.75, 3.05) is 13.1 Å². The molecule has 21 heavy (non-hydrogen) atoms. The van der Waals surface area contributed by atoms with E-state index >= 15 is 0 Å². The first-order chi connectivity index (χ1) is 9.89. The maximum absolute atomic E-state index is 12.2. The third-order valence-corrected chi connectivity index (χ3v) is 3.82. The molecule has 1 atom stereocenters. The fraction of sp³-hybridized carbons (Fsp3) is 0.529. The fourth-order valence-corrected chi connectivity index (χ4v) is 2.86. The highest BCUT2D eigenvalue weighted by molar-refractivity contribution is 5.95. The fourth-order valence-electron chi connectivity index (χ4n) is 2.86. The Morgan fingerprint density at radius 1 is 1.19 bits per heavy atom. The molecule has 1 saturated heterocycles. The molecule has 4 heteroatoms. The minimum Gasteiger partial charge on any atom is -0.345 e. The van der Waals surface area contributed by atoms with Crippen LogP contribution in [0, 0.1) is 5.41 Å². The van der Waals surface area contributed by atoms with E-state index in [1.54, 1.807) is 4.90 Å². The summed E-state index contributed by atoms with van der Waals surface area (Å²) in [5, 5.41) is 2.70. The molecule has 0 spiro atoms. The second kappa shape index (κ2) is 6.29. The molecule has 0 aromatic heterocycles. The summed E-state index contributed by atoms with van der Waals surface area (Å²) in [5.74, 6) is -0.0237. The Morgan fingerprint density at radius 2 is 1.86 bits per heavy atom. The van der Waals surface area contributed by atoms with Crippen molar-refractivity contribution in [1.82, 2.24) is 10.2 Å². The zero-order chi connectivity index (χ0) is 15.5. The van der Waals surface area contributed by atoms with Crippen molar-refractivity contribution >= 4 is 11.8 Å². The van der Waals surface area contributed by atoms with Gasteiger partial charge in [-0.05, 0) is 23.8 Å². The summed E-state index contributed by atoms with van der Waals surface area (Å²) in [6.45, 7) is 6.75. The highest BCUT2D eigenvalue weighted by Gasteiger charge is 2.41. The van der Waals surface area contributed by atoms with Crippen molar-refractivity contribution < 1.29 is 9.59 Å². The normalized spacial score (nSPS) is 19.6. The van der Waals surface area contributed by atoms with Crippen molar-refractivity contribution in [3.05, 3.63) is 35.9 Å². The Morgan fingerprint density at radius 3 is 2.48 bits per heavy atom. The van der Waals surface area contributed by atoms with Crippen molar-refractivity contribution in [1.29, 1.82) is 0 Å². The van der Waals surface area contributed by atoms with Gasteiger partial charge in [0.25, 0.3) is 0 Å². The molecule has 4 nitrogen and oxygen atoms in total. The highest BCUT2D eigenvalue weighted by atomic mass is 16.2.